The fourth-order valence-electron chi connectivity index (χ4n) is 3.37. The Kier molecular flexibility index (Phi) is 3.76. The Bertz CT molecular complexity index is 1150. The molecule has 0 aliphatic rings. The van der Waals surface area contributed by atoms with Crippen LogP contribution in [0.3, 0.4) is 0 Å². The number of nitrogens with one attached hydrogen (secondary N) is 1. The van der Waals surface area contributed by atoms with Crippen molar-refractivity contribution < 1.29 is 9.21 Å². The van der Waals surface area contributed by atoms with Crippen molar-refractivity contribution in [1.82, 2.24) is 19.9 Å². The van der Waals surface area contributed by atoms with E-state index in [-0.39, 0.29) is 5.91 Å². The van der Waals surface area contributed by atoms with Crippen LogP contribution in [-0.4, -0.2) is 20.4 Å². The lowest BCUT2D eigenvalue weighted by molar-refractivity contribution is 0.0923. The summed E-state index contributed by atoms with van der Waals surface area (Å²) >= 11 is 0. The van der Waals surface area contributed by atoms with Crippen molar-refractivity contribution in [3.8, 4) is 0 Å². The number of fused-ring (bicyclic) bond motifs is 2. The van der Waals surface area contributed by atoms with Gasteiger partial charge < -0.3 is 14.3 Å². The van der Waals surface area contributed by atoms with Gasteiger partial charge in [0.2, 0.25) is 0 Å². The van der Waals surface area contributed by atoms with E-state index >= 15 is 0 Å². The first kappa shape index (κ1) is 16.3. The minimum absolute atomic E-state index is 0.234. The van der Waals surface area contributed by atoms with Crippen molar-refractivity contribution in [2.24, 2.45) is 7.05 Å². The Hall–Kier alpha value is -3.15. The number of aryl methyl sites for hydroxylation is 4. The van der Waals surface area contributed by atoms with Gasteiger partial charge in [-0.25, -0.2) is 4.98 Å². The Morgan fingerprint density at radius 3 is 2.69 bits per heavy atom. The standard InChI is InChI=1S/C20H20N4O2/c1-11-5-6-12(2)18-17(11)13(3)19(26-18)20(25)22-10-16-23-14-7-8-21-9-15(14)24(16)4/h5-9H,10H2,1-4H3,(H,22,25). The number of benzene rings is 1. The number of pyridine rings is 1. The molecule has 0 aliphatic carbocycles. The van der Waals surface area contributed by atoms with E-state index < -0.39 is 0 Å². The molecule has 1 aromatic carbocycles. The second-order valence-electron chi connectivity index (χ2n) is 6.59. The molecule has 6 heteroatoms. The summed E-state index contributed by atoms with van der Waals surface area (Å²) in [6.07, 6.45) is 3.47. The zero-order valence-corrected chi connectivity index (χ0v) is 15.3. The normalized spacial score (nSPS) is 11.4. The van der Waals surface area contributed by atoms with Gasteiger partial charge >= 0.3 is 0 Å². The third-order valence-corrected chi connectivity index (χ3v) is 4.87. The predicted octanol–water partition coefficient (Wildman–Crippen LogP) is 3.57. The molecule has 0 spiro atoms. The Labute approximate surface area is 150 Å². The first-order valence-electron chi connectivity index (χ1n) is 8.50. The van der Waals surface area contributed by atoms with Crippen LogP contribution in [0.1, 0.15) is 33.1 Å². The number of amides is 1. The lowest BCUT2D eigenvalue weighted by Gasteiger charge is -2.04. The highest BCUT2D eigenvalue weighted by atomic mass is 16.3. The molecule has 0 atom stereocenters. The van der Waals surface area contributed by atoms with Crippen molar-refractivity contribution in [3.05, 3.63) is 58.9 Å². The Morgan fingerprint density at radius 1 is 1.19 bits per heavy atom. The van der Waals surface area contributed by atoms with Crippen LogP contribution in [0, 0.1) is 20.8 Å². The number of rotatable bonds is 3. The first-order chi connectivity index (χ1) is 12.5. The van der Waals surface area contributed by atoms with E-state index in [1.54, 1.807) is 12.4 Å². The lowest BCUT2D eigenvalue weighted by atomic mass is 10.0. The van der Waals surface area contributed by atoms with E-state index in [0.29, 0.717) is 12.3 Å². The summed E-state index contributed by atoms with van der Waals surface area (Å²) in [6, 6.07) is 5.92. The lowest BCUT2D eigenvalue weighted by Crippen LogP contribution is -2.24. The van der Waals surface area contributed by atoms with E-state index in [4.69, 9.17) is 4.42 Å². The van der Waals surface area contributed by atoms with Crippen molar-refractivity contribution in [3.63, 3.8) is 0 Å². The third kappa shape index (κ3) is 2.45. The molecule has 6 nitrogen and oxygen atoms in total. The number of furan rings is 1. The Morgan fingerprint density at radius 2 is 1.96 bits per heavy atom. The molecule has 1 amide bonds. The monoisotopic (exact) mass is 348 g/mol. The van der Waals surface area contributed by atoms with Crippen molar-refractivity contribution in [2.45, 2.75) is 27.3 Å². The smallest absolute Gasteiger partial charge is 0.287 e. The van der Waals surface area contributed by atoms with E-state index in [2.05, 4.69) is 21.4 Å². The molecular formula is C20H20N4O2. The molecule has 0 unspecified atom stereocenters. The van der Waals surface area contributed by atoms with Gasteiger partial charge in [-0.2, -0.15) is 0 Å². The molecule has 1 N–H and O–H groups in total. The van der Waals surface area contributed by atoms with Gasteiger partial charge in [0.05, 0.1) is 23.8 Å². The summed E-state index contributed by atoms with van der Waals surface area (Å²) in [5, 5.41) is 3.94. The van der Waals surface area contributed by atoms with Crippen molar-refractivity contribution in [1.29, 1.82) is 0 Å². The van der Waals surface area contributed by atoms with Gasteiger partial charge in [-0.05, 0) is 38.0 Å². The van der Waals surface area contributed by atoms with Crippen LogP contribution in [0.15, 0.2) is 35.0 Å². The topological polar surface area (TPSA) is 73.0 Å². The molecule has 0 saturated heterocycles. The number of imidazole rings is 1. The number of carbonyl (C=O) groups is 1. The molecule has 132 valence electrons. The molecule has 0 saturated carbocycles. The summed E-state index contributed by atoms with van der Waals surface area (Å²) in [7, 11) is 1.91. The highest BCUT2D eigenvalue weighted by molar-refractivity contribution is 6.00. The fraction of sp³-hybridized carbons (Fsp3) is 0.250. The van der Waals surface area contributed by atoms with Crippen molar-refractivity contribution >= 4 is 27.9 Å². The molecule has 4 rings (SSSR count). The van der Waals surface area contributed by atoms with Crippen LogP contribution in [0.4, 0.5) is 0 Å². The van der Waals surface area contributed by atoms with Crippen LogP contribution >= 0.6 is 0 Å². The largest absolute Gasteiger partial charge is 0.450 e. The highest BCUT2D eigenvalue weighted by Gasteiger charge is 2.20. The second-order valence-corrected chi connectivity index (χ2v) is 6.59. The van der Waals surface area contributed by atoms with Gasteiger partial charge in [0.15, 0.2) is 5.76 Å². The number of carbonyl (C=O) groups excluding carboxylic acids is 1. The van der Waals surface area contributed by atoms with Crippen LogP contribution in [0.2, 0.25) is 0 Å². The predicted molar refractivity (Wildman–Crippen MR) is 100 cm³/mol. The molecule has 3 aromatic heterocycles. The van der Waals surface area contributed by atoms with Gasteiger partial charge in [0.25, 0.3) is 5.91 Å². The summed E-state index contributed by atoms with van der Waals surface area (Å²) in [5.74, 6) is 0.892. The minimum atomic E-state index is -0.234. The van der Waals surface area contributed by atoms with Gasteiger partial charge in [-0.3, -0.25) is 9.78 Å². The zero-order chi connectivity index (χ0) is 18.4. The van der Waals surface area contributed by atoms with E-state index in [0.717, 1.165) is 44.5 Å². The Balaban J connectivity index is 1.63. The molecule has 0 aliphatic heterocycles. The molecule has 0 radical (unpaired) electrons. The average Bonchev–Trinajstić information content (AvgIpc) is 3.15. The minimum Gasteiger partial charge on any atom is -0.450 e. The van der Waals surface area contributed by atoms with Gasteiger partial charge in [-0.1, -0.05) is 12.1 Å². The number of nitrogens with zero attached hydrogens (tertiary/aromatic N) is 3. The summed E-state index contributed by atoms with van der Waals surface area (Å²) in [5.41, 5.74) is 5.57. The van der Waals surface area contributed by atoms with E-state index in [1.807, 2.05) is 44.5 Å². The summed E-state index contributed by atoms with van der Waals surface area (Å²) in [4.78, 5) is 21.4. The van der Waals surface area contributed by atoms with Crippen molar-refractivity contribution in [2.75, 3.05) is 0 Å². The first-order valence-corrected chi connectivity index (χ1v) is 8.50. The average molecular weight is 348 g/mol. The molecule has 26 heavy (non-hydrogen) atoms. The summed E-state index contributed by atoms with van der Waals surface area (Å²) < 4.78 is 7.83. The molecule has 3 heterocycles. The molecule has 0 bridgehead atoms. The number of hydrogen-bond donors (Lipinski definition) is 1. The van der Waals surface area contributed by atoms with Crippen LogP contribution in [0.25, 0.3) is 22.0 Å². The number of hydrogen-bond acceptors (Lipinski definition) is 4. The number of aromatic nitrogens is 3. The van der Waals surface area contributed by atoms with Crippen LogP contribution < -0.4 is 5.32 Å². The van der Waals surface area contributed by atoms with E-state index in [9.17, 15) is 4.79 Å². The highest BCUT2D eigenvalue weighted by Crippen LogP contribution is 2.30. The van der Waals surface area contributed by atoms with Crippen LogP contribution in [0.5, 0.6) is 0 Å². The van der Waals surface area contributed by atoms with Gasteiger partial charge in [0.1, 0.15) is 11.4 Å². The maximum atomic E-state index is 12.7. The maximum absolute atomic E-state index is 12.7. The molecule has 4 aromatic rings. The SMILES string of the molecule is Cc1ccc(C)c2c(C)c(C(=O)NCc3nc4ccncc4n3C)oc12. The fourth-order valence-corrected chi connectivity index (χ4v) is 3.37. The zero-order valence-electron chi connectivity index (χ0n) is 15.3. The second kappa shape index (κ2) is 5.98. The maximum Gasteiger partial charge on any atom is 0.287 e. The molecular weight excluding hydrogens is 328 g/mol. The summed E-state index contributed by atoms with van der Waals surface area (Å²) in [6.45, 7) is 6.26. The van der Waals surface area contributed by atoms with E-state index in [1.165, 1.54) is 0 Å². The molecule has 0 fully saturated rings. The third-order valence-electron chi connectivity index (χ3n) is 4.87. The quantitative estimate of drug-likeness (QED) is 0.614. The van der Waals surface area contributed by atoms with Gasteiger partial charge in [0, 0.05) is 24.2 Å². The van der Waals surface area contributed by atoms with Crippen LogP contribution in [-0.2, 0) is 13.6 Å². The van der Waals surface area contributed by atoms with Gasteiger partial charge in [-0.15, -0.1) is 0 Å².